The van der Waals surface area contributed by atoms with Crippen LogP contribution in [0.3, 0.4) is 0 Å². The van der Waals surface area contributed by atoms with Crippen LogP contribution in [0.15, 0.2) is 39.7 Å². The van der Waals surface area contributed by atoms with Crippen molar-refractivity contribution >= 4 is 37.5 Å². The zero-order valence-corrected chi connectivity index (χ0v) is 17.8. The predicted octanol–water partition coefficient (Wildman–Crippen LogP) is 2.97. The van der Waals surface area contributed by atoms with Crippen molar-refractivity contribution in [2.75, 3.05) is 11.8 Å². The lowest BCUT2D eigenvalue weighted by Gasteiger charge is -2.36. The first-order valence-corrected chi connectivity index (χ1v) is 10.9. The van der Waals surface area contributed by atoms with Gasteiger partial charge in [0.25, 0.3) is 15.9 Å². The summed E-state index contributed by atoms with van der Waals surface area (Å²) in [7, 11) is -2.92. The van der Waals surface area contributed by atoms with Crippen LogP contribution >= 0.6 is 15.9 Å². The van der Waals surface area contributed by atoms with Crippen molar-refractivity contribution in [1.29, 1.82) is 5.26 Å². The normalized spacial score (nSPS) is 15.1. The third-order valence-electron chi connectivity index (χ3n) is 5.01. The van der Waals surface area contributed by atoms with E-state index in [1.165, 1.54) is 37.4 Å². The molecule has 1 aliphatic carbocycles. The monoisotopic (exact) mass is 479 g/mol. The first kappa shape index (κ1) is 21.0. The maximum atomic E-state index is 12.8. The predicted molar refractivity (Wildman–Crippen MR) is 109 cm³/mol. The fraction of sp³-hybridized carbons (Fsp3) is 0.263. The van der Waals surface area contributed by atoms with Gasteiger partial charge in [0, 0.05) is 11.5 Å². The summed E-state index contributed by atoms with van der Waals surface area (Å²) in [5.41, 5.74) is -0.794. The average Bonchev–Trinajstić information content (AvgIpc) is 2.64. The van der Waals surface area contributed by atoms with Gasteiger partial charge in [-0.05, 0) is 55.2 Å². The van der Waals surface area contributed by atoms with Gasteiger partial charge in [0.1, 0.15) is 10.6 Å². The van der Waals surface area contributed by atoms with Gasteiger partial charge in [-0.25, -0.2) is 8.42 Å². The number of hydrogen-bond donors (Lipinski definition) is 4. The minimum Gasteiger partial charge on any atom is -0.507 e. The van der Waals surface area contributed by atoms with Crippen molar-refractivity contribution in [1.82, 2.24) is 5.32 Å². The average molecular weight is 480 g/mol. The number of nitrogens with zero attached hydrogens (tertiary/aromatic N) is 1. The molecule has 0 saturated heterocycles. The van der Waals surface area contributed by atoms with E-state index in [9.17, 15) is 28.7 Å². The van der Waals surface area contributed by atoms with E-state index in [2.05, 4.69) is 32.0 Å². The number of carbonyl (C=O) groups excluding carboxylic acids is 1. The summed E-state index contributed by atoms with van der Waals surface area (Å²) >= 11 is 3.15. The van der Waals surface area contributed by atoms with Gasteiger partial charge in [-0.15, -0.1) is 0 Å². The summed E-state index contributed by atoms with van der Waals surface area (Å²) in [6.07, 6.45) is 1.97. The highest BCUT2D eigenvalue weighted by molar-refractivity contribution is 9.10. The molecule has 2 aromatic carbocycles. The Balaban J connectivity index is 2.14. The van der Waals surface area contributed by atoms with Gasteiger partial charge in [0.2, 0.25) is 0 Å². The molecule has 1 amide bonds. The fourth-order valence-electron chi connectivity index (χ4n) is 3.19. The summed E-state index contributed by atoms with van der Waals surface area (Å²) in [5, 5.41) is 32.5. The van der Waals surface area contributed by atoms with E-state index in [1.807, 2.05) is 0 Å². The first-order chi connectivity index (χ1) is 13.6. The molecular weight excluding hydrogens is 462 g/mol. The molecule has 0 atom stereocenters. The molecule has 1 aliphatic rings. The Morgan fingerprint density at radius 2 is 1.93 bits per heavy atom. The number of nitriles is 1. The van der Waals surface area contributed by atoms with Crippen LogP contribution in [-0.2, 0) is 15.4 Å². The molecule has 4 N–H and O–H groups in total. The van der Waals surface area contributed by atoms with Gasteiger partial charge < -0.3 is 15.5 Å². The number of amides is 1. The largest absolute Gasteiger partial charge is 0.507 e. The topological polar surface area (TPSA) is 140 Å². The molecular formula is C19H18BrN3O5S. The number of carbonyl (C=O) groups is 1. The molecule has 0 radical (unpaired) electrons. The molecule has 1 fully saturated rings. The Bertz CT molecular complexity index is 1140. The van der Waals surface area contributed by atoms with Gasteiger partial charge in [-0.1, -0.05) is 15.9 Å². The minimum atomic E-state index is -4.30. The lowest BCUT2D eigenvalue weighted by Crippen LogP contribution is -2.33. The standard InChI is InChI=1S/C19H18BrN3O5S/c1-22-18(26)13-7-11(19(10-21)5-2-6-19)8-14(17(13)25)23-29(27,28)16-9-12(20)3-4-15(16)24/h3-4,7-9,23-25H,2,5-6H2,1H3,(H,22,26). The number of anilines is 1. The van der Waals surface area contributed by atoms with E-state index < -0.39 is 37.7 Å². The van der Waals surface area contributed by atoms with Gasteiger partial charge in [-0.2, -0.15) is 5.26 Å². The number of aromatic hydroxyl groups is 2. The highest BCUT2D eigenvalue weighted by atomic mass is 79.9. The molecule has 10 heteroatoms. The van der Waals surface area contributed by atoms with Crippen molar-refractivity contribution < 1.29 is 23.4 Å². The van der Waals surface area contributed by atoms with Crippen LogP contribution in [0.5, 0.6) is 11.5 Å². The van der Waals surface area contributed by atoms with Gasteiger partial charge in [0.15, 0.2) is 5.75 Å². The summed E-state index contributed by atoms with van der Waals surface area (Å²) in [6, 6.07) is 8.90. The molecule has 0 spiro atoms. The minimum absolute atomic E-state index is 0.150. The molecule has 2 aromatic rings. The van der Waals surface area contributed by atoms with Crippen molar-refractivity contribution in [3.63, 3.8) is 0 Å². The molecule has 8 nitrogen and oxygen atoms in total. The number of sulfonamides is 1. The Kier molecular flexibility index (Phi) is 5.47. The lowest BCUT2D eigenvalue weighted by molar-refractivity contribution is 0.0960. The van der Waals surface area contributed by atoms with Crippen molar-refractivity contribution in [3.05, 3.63) is 45.9 Å². The summed E-state index contributed by atoms with van der Waals surface area (Å²) in [6.45, 7) is 0. The van der Waals surface area contributed by atoms with Crippen LogP contribution in [0.25, 0.3) is 0 Å². The van der Waals surface area contributed by atoms with Crippen molar-refractivity contribution in [2.45, 2.75) is 29.6 Å². The highest BCUT2D eigenvalue weighted by Gasteiger charge is 2.40. The maximum Gasteiger partial charge on any atom is 0.265 e. The molecule has 0 aliphatic heterocycles. The zero-order valence-electron chi connectivity index (χ0n) is 15.4. The molecule has 3 rings (SSSR count). The molecule has 0 aromatic heterocycles. The van der Waals surface area contributed by atoms with E-state index in [-0.39, 0.29) is 11.3 Å². The highest BCUT2D eigenvalue weighted by Crippen LogP contribution is 2.46. The summed E-state index contributed by atoms with van der Waals surface area (Å²) in [5.74, 6) is -1.67. The van der Waals surface area contributed by atoms with Crippen LogP contribution in [-0.4, -0.2) is 31.6 Å². The number of halogens is 1. The Morgan fingerprint density at radius 3 is 2.48 bits per heavy atom. The number of phenols is 2. The third-order valence-corrected chi connectivity index (χ3v) is 6.90. The molecule has 29 heavy (non-hydrogen) atoms. The molecule has 0 unspecified atom stereocenters. The van der Waals surface area contributed by atoms with E-state index in [0.29, 0.717) is 22.9 Å². The summed E-state index contributed by atoms with van der Waals surface area (Å²) < 4.78 is 28.3. The number of benzene rings is 2. The molecule has 0 bridgehead atoms. The van der Waals surface area contributed by atoms with Gasteiger partial charge in [0.05, 0.1) is 22.7 Å². The number of hydrogen-bond acceptors (Lipinski definition) is 6. The Labute approximate surface area is 176 Å². The van der Waals surface area contributed by atoms with Gasteiger partial charge >= 0.3 is 0 Å². The zero-order chi connectivity index (χ0) is 21.4. The smallest absolute Gasteiger partial charge is 0.265 e. The maximum absolute atomic E-state index is 12.8. The van der Waals surface area contributed by atoms with Crippen LogP contribution < -0.4 is 10.0 Å². The SMILES string of the molecule is CNC(=O)c1cc(C2(C#N)CCC2)cc(NS(=O)(=O)c2cc(Br)ccc2O)c1O. The third kappa shape index (κ3) is 3.75. The van der Waals surface area contributed by atoms with Crippen molar-refractivity contribution in [3.8, 4) is 17.6 Å². The number of phenolic OH excluding ortho intramolecular Hbond substituents is 2. The van der Waals surface area contributed by atoms with Crippen LogP contribution in [0.4, 0.5) is 5.69 Å². The van der Waals surface area contributed by atoms with Crippen LogP contribution in [0, 0.1) is 11.3 Å². The molecule has 0 heterocycles. The van der Waals surface area contributed by atoms with Crippen LogP contribution in [0.2, 0.25) is 0 Å². The molecule has 152 valence electrons. The van der Waals surface area contributed by atoms with E-state index >= 15 is 0 Å². The number of rotatable bonds is 5. The van der Waals surface area contributed by atoms with Crippen LogP contribution in [0.1, 0.15) is 35.2 Å². The van der Waals surface area contributed by atoms with E-state index in [0.717, 1.165) is 6.42 Å². The second-order valence-electron chi connectivity index (χ2n) is 6.76. The second-order valence-corrected chi connectivity index (χ2v) is 9.33. The fourth-order valence-corrected chi connectivity index (χ4v) is 4.89. The second kappa shape index (κ2) is 7.57. The first-order valence-electron chi connectivity index (χ1n) is 8.66. The summed E-state index contributed by atoms with van der Waals surface area (Å²) in [4.78, 5) is 11.8. The quantitative estimate of drug-likeness (QED) is 0.486. The van der Waals surface area contributed by atoms with E-state index in [4.69, 9.17) is 0 Å². The number of nitrogens with one attached hydrogen (secondary N) is 2. The molecule has 1 saturated carbocycles. The van der Waals surface area contributed by atoms with Gasteiger partial charge in [-0.3, -0.25) is 9.52 Å². The lowest BCUT2D eigenvalue weighted by atomic mass is 9.65. The Morgan fingerprint density at radius 1 is 1.24 bits per heavy atom. The van der Waals surface area contributed by atoms with Crippen molar-refractivity contribution in [2.24, 2.45) is 0 Å². The van der Waals surface area contributed by atoms with E-state index in [1.54, 1.807) is 0 Å². The Hall–Kier alpha value is -2.77.